The van der Waals surface area contributed by atoms with Gasteiger partial charge in [0.1, 0.15) is 0 Å². The fourth-order valence-electron chi connectivity index (χ4n) is 3.02. The molecule has 0 aliphatic heterocycles. The molecular weight excluding hydrogens is 451 g/mol. The van der Waals surface area contributed by atoms with Crippen molar-refractivity contribution in [1.29, 1.82) is 0 Å². The maximum atomic E-state index is 10.4. The van der Waals surface area contributed by atoms with Crippen LogP contribution >= 0.6 is 34.2 Å². The predicted octanol–water partition coefficient (Wildman–Crippen LogP) is 4.30. The van der Waals surface area contributed by atoms with Gasteiger partial charge in [0.25, 0.3) is 0 Å². The molecule has 128 valence electrons. The number of hydrogen-bond donors (Lipinski definition) is 1. The summed E-state index contributed by atoms with van der Waals surface area (Å²) in [6.45, 7) is -0.221. The predicted molar refractivity (Wildman–Crippen MR) is 106 cm³/mol. The van der Waals surface area contributed by atoms with E-state index in [0.717, 1.165) is 32.9 Å². The summed E-state index contributed by atoms with van der Waals surface area (Å²) in [7, 11) is 0. The number of nitrogens with zero attached hydrogens (tertiary/aromatic N) is 2. The van der Waals surface area contributed by atoms with Gasteiger partial charge >= 0.3 is 0 Å². The lowest BCUT2D eigenvalue weighted by molar-refractivity contribution is -0.0672. The Morgan fingerprint density at radius 2 is 1.92 bits per heavy atom. The molecule has 0 spiro atoms. The summed E-state index contributed by atoms with van der Waals surface area (Å²) in [6.07, 6.45) is 2.10. The van der Waals surface area contributed by atoms with E-state index >= 15 is 0 Å². The molecule has 25 heavy (non-hydrogen) atoms. The summed E-state index contributed by atoms with van der Waals surface area (Å²) in [5, 5.41) is 11.4. The van der Waals surface area contributed by atoms with Gasteiger partial charge in [-0.05, 0) is 70.8 Å². The van der Waals surface area contributed by atoms with Crippen LogP contribution in [-0.2, 0) is 10.3 Å². The number of hydrogen-bond acceptors (Lipinski definition) is 4. The van der Waals surface area contributed by atoms with Crippen molar-refractivity contribution in [2.24, 2.45) is 0 Å². The molecule has 1 heterocycles. The zero-order valence-corrected chi connectivity index (χ0v) is 16.2. The van der Waals surface area contributed by atoms with Crippen LogP contribution in [0, 0.1) is 3.57 Å². The highest BCUT2D eigenvalue weighted by Crippen LogP contribution is 2.41. The Morgan fingerprint density at radius 1 is 1.16 bits per heavy atom. The highest BCUT2D eigenvalue weighted by atomic mass is 127. The van der Waals surface area contributed by atoms with E-state index in [1.54, 1.807) is 0 Å². The molecule has 4 rings (SSSR count). The van der Waals surface area contributed by atoms with Gasteiger partial charge in [-0.1, -0.05) is 30.3 Å². The Bertz CT molecular complexity index is 918. The molecular formula is C19H16ClIN2O2. The molecule has 4 nitrogen and oxygen atoms in total. The van der Waals surface area contributed by atoms with Crippen molar-refractivity contribution in [3.63, 3.8) is 0 Å². The summed E-state index contributed by atoms with van der Waals surface area (Å²) < 4.78 is 7.43. The second-order valence-electron chi connectivity index (χ2n) is 6.17. The SMILES string of the molecule is OCC(OC1CC1)(c1ccccc1)c1nc(Cl)nc2ccc(I)cc12. The van der Waals surface area contributed by atoms with Gasteiger partial charge in [-0.3, -0.25) is 0 Å². The molecule has 1 fully saturated rings. The van der Waals surface area contributed by atoms with Gasteiger partial charge in [0.05, 0.1) is 23.9 Å². The highest BCUT2D eigenvalue weighted by molar-refractivity contribution is 14.1. The molecule has 0 amide bonds. The van der Waals surface area contributed by atoms with E-state index in [9.17, 15) is 5.11 Å². The largest absolute Gasteiger partial charge is 0.393 e. The van der Waals surface area contributed by atoms with Crippen LogP contribution in [0.2, 0.25) is 5.28 Å². The fourth-order valence-corrected chi connectivity index (χ4v) is 3.69. The lowest BCUT2D eigenvalue weighted by Crippen LogP contribution is -2.37. The first-order valence-corrected chi connectivity index (χ1v) is 9.55. The van der Waals surface area contributed by atoms with Crippen LogP contribution in [-0.4, -0.2) is 27.8 Å². The van der Waals surface area contributed by atoms with Crippen molar-refractivity contribution < 1.29 is 9.84 Å². The van der Waals surface area contributed by atoms with E-state index in [2.05, 4.69) is 32.6 Å². The quantitative estimate of drug-likeness (QED) is 0.450. The van der Waals surface area contributed by atoms with Gasteiger partial charge in [-0.15, -0.1) is 0 Å². The van der Waals surface area contributed by atoms with E-state index in [-0.39, 0.29) is 18.0 Å². The third-order valence-electron chi connectivity index (χ3n) is 4.37. The third kappa shape index (κ3) is 3.26. The van der Waals surface area contributed by atoms with Crippen molar-refractivity contribution in [3.05, 3.63) is 68.6 Å². The molecule has 1 aliphatic rings. The van der Waals surface area contributed by atoms with Gasteiger partial charge in [0, 0.05) is 8.96 Å². The number of aliphatic hydroxyl groups excluding tert-OH is 1. The van der Waals surface area contributed by atoms with Gasteiger partial charge in [0.2, 0.25) is 5.28 Å². The molecule has 3 aromatic rings. The second kappa shape index (κ2) is 6.79. The topological polar surface area (TPSA) is 55.2 Å². The minimum absolute atomic E-state index is 0.124. The van der Waals surface area contributed by atoms with Crippen LogP contribution in [0.4, 0.5) is 0 Å². The molecule has 1 aliphatic carbocycles. The van der Waals surface area contributed by atoms with Crippen molar-refractivity contribution in [1.82, 2.24) is 9.97 Å². The van der Waals surface area contributed by atoms with Gasteiger partial charge < -0.3 is 9.84 Å². The Hall–Kier alpha value is -1.28. The maximum absolute atomic E-state index is 10.4. The number of aliphatic hydroxyl groups is 1. The molecule has 0 bridgehead atoms. The van der Waals surface area contributed by atoms with Gasteiger partial charge in [0.15, 0.2) is 5.60 Å². The summed E-state index contributed by atoms with van der Waals surface area (Å²) in [4.78, 5) is 8.84. The summed E-state index contributed by atoms with van der Waals surface area (Å²) in [5.41, 5.74) is 1.15. The van der Waals surface area contributed by atoms with Crippen molar-refractivity contribution in [3.8, 4) is 0 Å². The number of ether oxygens (including phenoxy) is 1. The van der Waals surface area contributed by atoms with E-state index < -0.39 is 5.60 Å². The minimum atomic E-state index is -1.06. The average molecular weight is 467 g/mol. The number of halogens is 2. The van der Waals surface area contributed by atoms with E-state index in [0.29, 0.717) is 5.69 Å². The lowest BCUT2D eigenvalue weighted by Gasteiger charge is -2.33. The second-order valence-corrected chi connectivity index (χ2v) is 7.75. The minimum Gasteiger partial charge on any atom is -0.393 e. The van der Waals surface area contributed by atoms with Gasteiger partial charge in [-0.2, -0.15) is 0 Å². The van der Waals surface area contributed by atoms with Crippen LogP contribution in [0.3, 0.4) is 0 Å². The van der Waals surface area contributed by atoms with Crippen LogP contribution in [0.15, 0.2) is 48.5 Å². The molecule has 2 aromatic carbocycles. The zero-order valence-electron chi connectivity index (χ0n) is 13.3. The van der Waals surface area contributed by atoms with Crippen molar-refractivity contribution >= 4 is 45.1 Å². The Kier molecular flexibility index (Phi) is 4.66. The lowest BCUT2D eigenvalue weighted by atomic mass is 9.88. The number of benzene rings is 2. The van der Waals surface area contributed by atoms with Gasteiger partial charge in [-0.25, -0.2) is 9.97 Å². The Morgan fingerprint density at radius 3 is 2.60 bits per heavy atom. The molecule has 1 unspecified atom stereocenters. The first kappa shape index (κ1) is 17.1. The number of rotatable bonds is 5. The molecule has 1 N–H and O–H groups in total. The van der Waals surface area contributed by atoms with Crippen LogP contribution in [0.5, 0.6) is 0 Å². The first-order chi connectivity index (χ1) is 12.1. The molecule has 1 aromatic heterocycles. The first-order valence-electron chi connectivity index (χ1n) is 8.10. The Balaban J connectivity index is 2.02. The van der Waals surface area contributed by atoms with E-state index in [4.69, 9.17) is 16.3 Å². The maximum Gasteiger partial charge on any atom is 0.223 e. The van der Waals surface area contributed by atoms with Crippen LogP contribution in [0.25, 0.3) is 10.9 Å². The smallest absolute Gasteiger partial charge is 0.223 e. The normalized spacial score (nSPS) is 16.8. The van der Waals surface area contributed by atoms with Crippen molar-refractivity contribution in [2.45, 2.75) is 24.5 Å². The monoisotopic (exact) mass is 466 g/mol. The van der Waals surface area contributed by atoms with E-state index in [1.807, 2.05) is 48.5 Å². The van der Waals surface area contributed by atoms with E-state index in [1.165, 1.54) is 0 Å². The molecule has 1 saturated carbocycles. The molecule has 6 heteroatoms. The summed E-state index contributed by atoms with van der Waals surface area (Å²) >= 11 is 8.46. The summed E-state index contributed by atoms with van der Waals surface area (Å²) in [6, 6.07) is 15.6. The summed E-state index contributed by atoms with van der Waals surface area (Å²) in [5.74, 6) is 0. The zero-order chi connectivity index (χ0) is 17.4. The number of aromatic nitrogens is 2. The molecule has 1 atom stereocenters. The molecule has 0 radical (unpaired) electrons. The average Bonchev–Trinajstić information content (AvgIpc) is 3.44. The van der Waals surface area contributed by atoms with Crippen molar-refractivity contribution in [2.75, 3.05) is 6.61 Å². The van der Waals surface area contributed by atoms with Crippen LogP contribution in [0.1, 0.15) is 24.1 Å². The fraction of sp³-hybridized carbons (Fsp3) is 0.263. The number of fused-ring (bicyclic) bond motifs is 1. The standard InChI is InChI=1S/C19H16ClIN2O2/c20-18-22-16-9-6-13(21)10-15(16)17(23-18)19(11-24,25-14-7-8-14)12-4-2-1-3-5-12/h1-6,9-10,14,24H,7-8,11H2. The Labute approximate surface area is 164 Å². The highest BCUT2D eigenvalue weighted by Gasteiger charge is 2.43. The third-order valence-corrected chi connectivity index (χ3v) is 5.21. The molecule has 0 saturated heterocycles. The van der Waals surface area contributed by atoms with Crippen LogP contribution < -0.4 is 0 Å².